The van der Waals surface area contributed by atoms with Crippen LogP contribution in [0.4, 0.5) is 0 Å². The van der Waals surface area contributed by atoms with E-state index in [1.807, 2.05) is 0 Å². The van der Waals surface area contributed by atoms with Gasteiger partial charge in [0.15, 0.2) is 6.10 Å². The number of aliphatic carboxylic acids is 1. The van der Waals surface area contributed by atoms with E-state index >= 15 is 0 Å². The Hall–Kier alpha value is -1.71. The van der Waals surface area contributed by atoms with Gasteiger partial charge in [0.1, 0.15) is 24.1 Å². The molecule has 5 N–H and O–H groups in total. The predicted octanol–water partition coefficient (Wildman–Crippen LogP) is -2.17. The van der Waals surface area contributed by atoms with Crippen molar-refractivity contribution in [2.45, 2.75) is 37.1 Å². The first-order valence-electron chi connectivity index (χ1n) is 6.80. The third kappa shape index (κ3) is 3.54. The average molecular weight is 312 g/mol. The first-order valence-corrected chi connectivity index (χ1v) is 6.80. The Morgan fingerprint density at radius 3 is 2.45 bits per heavy atom. The molecule has 2 rings (SSSR count). The lowest BCUT2D eigenvalue weighted by molar-refractivity contribution is -0.527. The van der Waals surface area contributed by atoms with Crippen LogP contribution in [0.5, 0.6) is 5.75 Å². The van der Waals surface area contributed by atoms with Gasteiger partial charge in [-0.1, -0.05) is 12.1 Å². The lowest BCUT2D eigenvalue weighted by atomic mass is 9.99. The van der Waals surface area contributed by atoms with Crippen LogP contribution in [-0.4, -0.2) is 58.5 Å². The molecule has 1 aromatic rings. The summed E-state index contributed by atoms with van der Waals surface area (Å²) in [5.74, 6) is -1.22. The molecule has 1 aliphatic heterocycles. The van der Waals surface area contributed by atoms with Gasteiger partial charge in [0.25, 0.3) is 0 Å². The molecule has 1 saturated heterocycles. The molecule has 0 aliphatic carbocycles. The number of carboxylic acid groups (broad SMARTS) is 1. The smallest absolute Gasteiger partial charge is 0.335 e. The summed E-state index contributed by atoms with van der Waals surface area (Å²) in [7, 11) is 0. The van der Waals surface area contributed by atoms with E-state index in [0.29, 0.717) is 18.7 Å². The second-order valence-electron chi connectivity index (χ2n) is 5.01. The van der Waals surface area contributed by atoms with Crippen LogP contribution < -0.4 is 15.6 Å². The Labute approximate surface area is 126 Å². The van der Waals surface area contributed by atoms with Crippen molar-refractivity contribution < 1.29 is 34.7 Å². The van der Waals surface area contributed by atoms with Gasteiger partial charge in [0.2, 0.25) is 0 Å². The Morgan fingerprint density at radius 1 is 1.27 bits per heavy atom. The van der Waals surface area contributed by atoms with Crippen molar-refractivity contribution in [1.29, 1.82) is 0 Å². The Balaban J connectivity index is 2.07. The van der Waals surface area contributed by atoms with E-state index < -0.39 is 36.7 Å². The SMILES string of the molecule is NCCc1ccc(O[C@@H]2[C@@H](O)[C@H](O)[C@@H](C(=O)O)O[C@H]2[O-])cc1. The van der Waals surface area contributed by atoms with Gasteiger partial charge in [-0.3, -0.25) is 0 Å². The van der Waals surface area contributed by atoms with Crippen molar-refractivity contribution in [2.75, 3.05) is 6.54 Å². The van der Waals surface area contributed by atoms with Crippen molar-refractivity contribution in [3.8, 4) is 5.75 Å². The van der Waals surface area contributed by atoms with E-state index in [9.17, 15) is 20.1 Å². The fourth-order valence-corrected chi connectivity index (χ4v) is 2.22. The fourth-order valence-electron chi connectivity index (χ4n) is 2.22. The lowest BCUT2D eigenvalue weighted by Crippen LogP contribution is -2.65. The average Bonchev–Trinajstić information content (AvgIpc) is 2.49. The number of ether oxygens (including phenoxy) is 2. The zero-order valence-electron chi connectivity index (χ0n) is 11.7. The van der Waals surface area contributed by atoms with Crippen molar-refractivity contribution >= 4 is 5.97 Å². The zero-order valence-corrected chi connectivity index (χ0v) is 11.7. The van der Waals surface area contributed by atoms with Crippen LogP contribution in [0.15, 0.2) is 24.3 Å². The van der Waals surface area contributed by atoms with Gasteiger partial charge in [-0.25, -0.2) is 4.79 Å². The van der Waals surface area contributed by atoms with E-state index in [1.165, 1.54) is 0 Å². The number of carboxylic acids is 1. The van der Waals surface area contributed by atoms with Crippen LogP contribution in [0, 0.1) is 0 Å². The monoisotopic (exact) mass is 312 g/mol. The van der Waals surface area contributed by atoms with Crippen molar-refractivity contribution in [3.05, 3.63) is 29.8 Å². The van der Waals surface area contributed by atoms with Crippen LogP contribution in [0.2, 0.25) is 0 Å². The molecule has 0 unspecified atom stereocenters. The quantitative estimate of drug-likeness (QED) is 0.480. The van der Waals surface area contributed by atoms with Crippen LogP contribution in [0.1, 0.15) is 5.56 Å². The molecule has 0 saturated carbocycles. The molecule has 5 atom stereocenters. The zero-order chi connectivity index (χ0) is 16.3. The number of aliphatic hydroxyl groups is 2. The first kappa shape index (κ1) is 16.7. The highest BCUT2D eigenvalue weighted by Gasteiger charge is 2.45. The van der Waals surface area contributed by atoms with Crippen LogP contribution in [-0.2, 0) is 16.0 Å². The van der Waals surface area contributed by atoms with E-state index in [4.69, 9.17) is 15.6 Å². The molecule has 1 fully saturated rings. The molecule has 0 radical (unpaired) electrons. The highest BCUT2D eigenvalue weighted by molar-refractivity contribution is 5.73. The second kappa shape index (κ2) is 7.03. The van der Waals surface area contributed by atoms with E-state index in [2.05, 4.69) is 4.74 Å². The number of benzene rings is 1. The molecule has 0 spiro atoms. The van der Waals surface area contributed by atoms with Gasteiger partial charge in [-0.15, -0.1) is 0 Å². The third-order valence-corrected chi connectivity index (χ3v) is 3.42. The topological polar surface area (TPSA) is 145 Å². The second-order valence-corrected chi connectivity index (χ2v) is 5.01. The number of hydrogen-bond donors (Lipinski definition) is 4. The summed E-state index contributed by atoms with van der Waals surface area (Å²) < 4.78 is 10.0. The lowest BCUT2D eigenvalue weighted by Gasteiger charge is -2.44. The van der Waals surface area contributed by atoms with Crippen molar-refractivity contribution in [3.63, 3.8) is 0 Å². The Morgan fingerprint density at radius 2 is 1.91 bits per heavy atom. The van der Waals surface area contributed by atoms with Crippen molar-refractivity contribution in [2.24, 2.45) is 5.73 Å². The normalized spacial score (nSPS) is 31.7. The van der Waals surface area contributed by atoms with Crippen molar-refractivity contribution in [1.82, 2.24) is 0 Å². The molecule has 0 bridgehead atoms. The Kier molecular flexibility index (Phi) is 5.33. The maximum atomic E-state index is 11.8. The Bertz CT molecular complexity index is 506. The minimum absolute atomic E-state index is 0.301. The highest BCUT2D eigenvalue weighted by atomic mass is 16.7. The minimum atomic E-state index is -1.93. The summed E-state index contributed by atoms with van der Waals surface area (Å²) in [6, 6.07) is 6.71. The number of rotatable bonds is 5. The number of carbonyl (C=O) groups is 1. The number of aliphatic hydroxyl groups excluding tert-OH is 2. The molecule has 1 aliphatic rings. The van der Waals surface area contributed by atoms with Gasteiger partial charge in [-0.2, -0.15) is 0 Å². The molecule has 1 heterocycles. The molecule has 22 heavy (non-hydrogen) atoms. The molecule has 8 heteroatoms. The first-order chi connectivity index (χ1) is 10.4. The minimum Gasteiger partial charge on any atom is -0.828 e. The van der Waals surface area contributed by atoms with Gasteiger partial charge < -0.3 is 35.6 Å². The molecule has 0 amide bonds. The van der Waals surface area contributed by atoms with Crippen LogP contribution >= 0.6 is 0 Å². The highest BCUT2D eigenvalue weighted by Crippen LogP contribution is 2.24. The van der Waals surface area contributed by atoms with Crippen LogP contribution in [0.25, 0.3) is 0 Å². The maximum absolute atomic E-state index is 11.8. The molecule has 0 aromatic heterocycles. The molecule has 8 nitrogen and oxygen atoms in total. The number of hydrogen-bond acceptors (Lipinski definition) is 7. The van der Waals surface area contributed by atoms with E-state index in [1.54, 1.807) is 24.3 Å². The van der Waals surface area contributed by atoms with E-state index in [0.717, 1.165) is 5.56 Å². The summed E-state index contributed by atoms with van der Waals surface area (Å²) in [6.07, 6.45) is -7.83. The number of nitrogens with two attached hydrogens (primary N) is 1. The fraction of sp³-hybridized carbons (Fsp3) is 0.500. The van der Waals surface area contributed by atoms with Gasteiger partial charge >= 0.3 is 5.97 Å². The molecule has 122 valence electrons. The van der Waals surface area contributed by atoms with Gasteiger partial charge in [-0.05, 0) is 30.7 Å². The summed E-state index contributed by atoms with van der Waals surface area (Å²) in [5.41, 5.74) is 6.43. The predicted molar refractivity (Wildman–Crippen MR) is 71.9 cm³/mol. The van der Waals surface area contributed by atoms with Crippen LogP contribution in [0.3, 0.4) is 0 Å². The molecule has 1 aromatic carbocycles. The maximum Gasteiger partial charge on any atom is 0.335 e. The molecular weight excluding hydrogens is 294 g/mol. The molecular formula is C14H18NO7-. The summed E-state index contributed by atoms with van der Waals surface area (Å²) >= 11 is 0. The summed E-state index contributed by atoms with van der Waals surface area (Å²) in [6.45, 7) is 0.501. The van der Waals surface area contributed by atoms with E-state index in [-0.39, 0.29) is 0 Å². The van der Waals surface area contributed by atoms with Gasteiger partial charge in [0.05, 0.1) is 0 Å². The van der Waals surface area contributed by atoms with Gasteiger partial charge in [0, 0.05) is 6.29 Å². The standard InChI is InChI=1S/C14H18NO7/c15-6-5-7-1-3-8(4-2-7)21-12-10(17)9(16)11(13(18)19)22-14(12)20/h1-4,9-12,14,16-17H,5-6,15H2,(H,18,19)/q-1/t9-,10-,11-,12+,14+/m0/s1. The third-order valence-electron chi connectivity index (χ3n) is 3.42. The summed E-state index contributed by atoms with van der Waals surface area (Å²) in [5, 5.41) is 40.2. The largest absolute Gasteiger partial charge is 0.828 e. The summed E-state index contributed by atoms with van der Waals surface area (Å²) in [4.78, 5) is 10.8.